The van der Waals surface area contributed by atoms with Crippen LogP contribution in [0.25, 0.3) is 0 Å². The maximum absolute atomic E-state index is 12.6. The maximum Gasteiger partial charge on any atom is 0.417 e. The van der Waals surface area contributed by atoms with Crippen molar-refractivity contribution in [1.29, 1.82) is 0 Å². The Morgan fingerprint density at radius 1 is 1.57 bits per heavy atom. The van der Waals surface area contributed by atoms with Crippen molar-refractivity contribution in [3.05, 3.63) is 0 Å². The van der Waals surface area contributed by atoms with E-state index < -0.39 is 29.7 Å². The molecule has 1 fully saturated rings. The van der Waals surface area contributed by atoms with Crippen molar-refractivity contribution >= 4 is 5.91 Å². The summed E-state index contributed by atoms with van der Waals surface area (Å²) in [6.45, 7) is 2.34. The van der Waals surface area contributed by atoms with Crippen LogP contribution in [0.3, 0.4) is 0 Å². The summed E-state index contributed by atoms with van der Waals surface area (Å²) in [6.07, 6.45) is -5.58. The van der Waals surface area contributed by atoms with E-state index in [0.717, 1.165) is 6.92 Å². The zero-order valence-electron chi connectivity index (χ0n) is 7.89. The molecule has 1 heterocycles. The highest BCUT2D eigenvalue weighted by Crippen LogP contribution is 2.46. The number of halogens is 3. The molecule has 1 rings (SSSR count). The van der Waals surface area contributed by atoms with Gasteiger partial charge in [-0.1, -0.05) is 6.92 Å². The number of ether oxygens (including phenoxy) is 1. The number of carbonyl (C=O) groups excluding carboxylic acids is 1. The predicted octanol–water partition coefficient (Wildman–Crippen LogP) is 1.22. The second-order valence-corrected chi connectivity index (χ2v) is 3.75. The van der Waals surface area contributed by atoms with Crippen molar-refractivity contribution in [2.75, 3.05) is 0 Å². The fourth-order valence-corrected chi connectivity index (χ4v) is 1.53. The largest absolute Gasteiger partial charge is 0.417 e. The molecule has 6 heteroatoms. The summed E-state index contributed by atoms with van der Waals surface area (Å²) in [5.74, 6) is -1.61. The summed E-state index contributed by atoms with van der Waals surface area (Å²) < 4.78 is 42.4. The second kappa shape index (κ2) is 3.12. The Bertz CT molecular complexity index is 253. The molecule has 0 aromatic heterocycles. The number of nitrogens with two attached hydrogens (primary N) is 1. The minimum atomic E-state index is -4.48. The van der Waals surface area contributed by atoms with Crippen LogP contribution < -0.4 is 5.73 Å². The van der Waals surface area contributed by atoms with Gasteiger partial charge in [-0.25, -0.2) is 0 Å². The smallest absolute Gasteiger partial charge is 0.367 e. The first-order valence-electron chi connectivity index (χ1n) is 4.22. The van der Waals surface area contributed by atoms with Crippen molar-refractivity contribution in [1.82, 2.24) is 0 Å². The van der Waals surface area contributed by atoms with Gasteiger partial charge < -0.3 is 10.5 Å². The summed E-state index contributed by atoms with van der Waals surface area (Å²) in [6, 6.07) is 0. The van der Waals surface area contributed by atoms with Gasteiger partial charge in [-0.3, -0.25) is 4.79 Å². The second-order valence-electron chi connectivity index (χ2n) is 3.75. The van der Waals surface area contributed by atoms with Crippen LogP contribution in [0.5, 0.6) is 0 Å². The van der Waals surface area contributed by atoms with E-state index in [9.17, 15) is 18.0 Å². The summed E-state index contributed by atoms with van der Waals surface area (Å²) in [5.41, 5.74) is 2.64. The lowest BCUT2D eigenvalue weighted by Gasteiger charge is -2.30. The lowest BCUT2D eigenvalue weighted by molar-refractivity contribution is -0.272. The van der Waals surface area contributed by atoms with Gasteiger partial charge in [0.25, 0.3) is 0 Å². The molecule has 0 spiro atoms. The van der Waals surface area contributed by atoms with Gasteiger partial charge in [0.2, 0.25) is 5.91 Å². The van der Waals surface area contributed by atoms with Gasteiger partial charge >= 0.3 is 6.18 Å². The molecule has 1 aliphatic heterocycles. The molecule has 0 aromatic carbocycles. The lowest BCUT2D eigenvalue weighted by atomic mass is 9.89. The summed E-state index contributed by atoms with van der Waals surface area (Å²) in [5, 5.41) is 0. The van der Waals surface area contributed by atoms with Crippen molar-refractivity contribution in [3.63, 3.8) is 0 Å². The van der Waals surface area contributed by atoms with Gasteiger partial charge in [-0.05, 0) is 19.3 Å². The molecule has 82 valence electrons. The van der Waals surface area contributed by atoms with E-state index in [1.807, 2.05) is 0 Å². The molecular formula is C8H12F3NO2. The van der Waals surface area contributed by atoms with Gasteiger partial charge in [0.15, 0.2) is 5.60 Å². The molecule has 14 heavy (non-hydrogen) atoms. The maximum atomic E-state index is 12.6. The van der Waals surface area contributed by atoms with E-state index in [4.69, 9.17) is 5.73 Å². The first-order valence-corrected chi connectivity index (χ1v) is 4.22. The molecule has 0 saturated carbocycles. The van der Waals surface area contributed by atoms with Crippen molar-refractivity contribution in [2.45, 2.75) is 38.1 Å². The Kier molecular flexibility index (Phi) is 2.51. The third kappa shape index (κ3) is 1.58. The molecule has 0 aliphatic carbocycles. The number of hydrogen-bond acceptors (Lipinski definition) is 2. The third-order valence-corrected chi connectivity index (χ3v) is 2.78. The third-order valence-electron chi connectivity index (χ3n) is 2.78. The van der Waals surface area contributed by atoms with Crippen LogP contribution in [0.15, 0.2) is 0 Å². The first-order chi connectivity index (χ1) is 6.18. The van der Waals surface area contributed by atoms with Gasteiger partial charge in [0, 0.05) is 0 Å². The molecule has 0 bridgehead atoms. The Morgan fingerprint density at radius 2 is 2.07 bits per heavy atom. The standard InChI is InChI=1S/C8H12F3NO2/c1-4-3-5(6(12)13)14-7(4,2)8(9,10)11/h4-5H,3H2,1-2H3,(H2,12,13)/t4-,5?,7+/m0/s1. The number of hydrogen-bond donors (Lipinski definition) is 1. The highest BCUT2D eigenvalue weighted by molar-refractivity contribution is 5.79. The number of carbonyl (C=O) groups is 1. The minimum absolute atomic E-state index is 0.0192. The first kappa shape index (κ1) is 11.3. The number of amides is 1. The molecule has 3 atom stereocenters. The Balaban J connectivity index is 2.88. The predicted molar refractivity (Wildman–Crippen MR) is 42.3 cm³/mol. The molecule has 1 aliphatic rings. The SMILES string of the molecule is C[C@H]1CC(C(N)=O)O[C@@]1(C)C(F)(F)F. The molecule has 3 nitrogen and oxygen atoms in total. The van der Waals surface area contributed by atoms with Crippen LogP contribution in [-0.4, -0.2) is 23.8 Å². The van der Waals surface area contributed by atoms with Crippen molar-refractivity contribution in [3.8, 4) is 0 Å². The molecule has 0 aromatic rings. The van der Waals surface area contributed by atoms with Crippen LogP contribution in [0.1, 0.15) is 20.3 Å². The van der Waals surface area contributed by atoms with Crippen LogP contribution in [0.4, 0.5) is 13.2 Å². The van der Waals surface area contributed by atoms with E-state index in [0.29, 0.717) is 0 Å². The van der Waals surface area contributed by atoms with Crippen LogP contribution >= 0.6 is 0 Å². The molecular weight excluding hydrogens is 199 g/mol. The van der Waals surface area contributed by atoms with E-state index in [1.165, 1.54) is 6.92 Å². The highest BCUT2D eigenvalue weighted by atomic mass is 19.4. The van der Waals surface area contributed by atoms with Crippen molar-refractivity contribution < 1.29 is 22.7 Å². The topological polar surface area (TPSA) is 52.3 Å². The summed E-state index contributed by atoms with van der Waals surface area (Å²) in [7, 11) is 0. The zero-order valence-corrected chi connectivity index (χ0v) is 7.89. The molecule has 0 radical (unpaired) electrons. The average Bonchev–Trinajstić information content (AvgIpc) is 2.28. The monoisotopic (exact) mass is 211 g/mol. The molecule has 2 N–H and O–H groups in total. The highest BCUT2D eigenvalue weighted by Gasteiger charge is 2.61. The van der Waals surface area contributed by atoms with Crippen molar-refractivity contribution in [2.24, 2.45) is 11.7 Å². The molecule has 1 amide bonds. The van der Waals surface area contributed by atoms with Crippen LogP contribution in [-0.2, 0) is 9.53 Å². The quantitative estimate of drug-likeness (QED) is 0.708. The van der Waals surface area contributed by atoms with E-state index in [-0.39, 0.29) is 6.42 Å². The van der Waals surface area contributed by atoms with Crippen LogP contribution in [0, 0.1) is 5.92 Å². The van der Waals surface area contributed by atoms with E-state index in [1.54, 1.807) is 0 Å². The summed E-state index contributed by atoms with van der Waals surface area (Å²) >= 11 is 0. The normalized spacial score (nSPS) is 38.6. The van der Waals surface area contributed by atoms with Gasteiger partial charge in [0.05, 0.1) is 0 Å². The number of rotatable bonds is 1. The fourth-order valence-electron chi connectivity index (χ4n) is 1.53. The van der Waals surface area contributed by atoms with E-state index >= 15 is 0 Å². The Hall–Kier alpha value is -0.780. The molecule has 1 unspecified atom stereocenters. The lowest BCUT2D eigenvalue weighted by Crippen LogP contribution is -2.47. The zero-order chi connectivity index (χ0) is 11.1. The van der Waals surface area contributed by atoms with E-state index in [2.05, 4.69) is 4.74 Å². The van der Waals surface area contributed by atoms with Crippen LogP contribution in [0.2, 0.25) is 0 Å². The Morgan fingerprint density at radius 3 is 2.29 bits per heavy atom. The number of alkyl halides is 3. The Labute approximate surface area is 79.4 Å². The molecule has 1 saturated heterocycles. The minimum Gasteiger partial charge on any atom is -0.367 e. The summed E-state index contributed by atoms with van der Waals surface area (Å²) in [4.78, 5) is 10.7. The number of primary amides is 1. The van der Waals surface area contributed by atoms with Gasteiger partial charge in [0.1, 0.15) is 6.10 Å². The van der Waals surface area contributed by atoms with Gasteiger partial charge in [-0.15, -0.1) is 0 Å². The van der Waals surface area contributed by atoms with Gasteiger partial charge in [-0.2, -0.15) is 13.2 Å². The fraction of sp³-hybridized carbons (Fsp3) is 0.875. The average molecular weight is 211 g/mol.